The highest BCUT2D eigenvalue weighted by Gasteiger charge is 2.71. The third-order valence-corrected chi connectivity index (χ3v) is 5.40. The van der Waals surface area contributed by atoms with Crippen LogP contribution < -0.4 is 5.32 Å². The summed E-state index contributed by atoms with van der Waals surface area (Å²) in [5.74, 6) is -0.309. The van der Waals surface area contributed by atoms with E-state index in [-0.39, 0.29) is 29.8 Å². The Morgan fingerprint density at radius 3 is 2.00 bits per heavy atom. The van der Waals surface area contributed by atoms with Crippen molar-refractivity contribution >= 4 is 35.1 Å². The smallest absolute Gasteiger partial charge is 0.324 e. The fourth-order valence-electron chi connectivity index (χ4n) is 2.27. The van der Waals surface area contributed by atoms with E-state index >= 15 is 0 Å². The largest absolute Gasteiger partial charge is 0.325 e. The molecule has 0 aromatic heterocycles. The van der Waals surface area contributed by atoms with Gasteiger partial charge in [-0.25, -0.2) is 4.79 Å². The second-order valence-electron chi connectivity index (χ2n) is 5.87. The maximum absolute atomic E-state index is 12.0. The lowest BCUT2D eigenvalue weighted by Crippen LogP contribution is -2.40. The van der Waals surface area contributed by atoms with Gasteiger partial charge in [0, 0.05) is 17.9 Å². The summed E-state index contributed by atoms with van der Waals surface area (Å²) in [5, 5.41) is 2.63. The van der Waals surface area contributed by atoms with Crippen LogP contribution in [0.4, 0.5) is 4.79 Å². The van der Waals surface area contributed by atoms with Crippen LogP contribution in [0.3, 0.4) is 0 Å². The summed E-state index contributed by atoms with van der Waals surface area (Å²) in [4.78, 5) is 24.9. The molecule has 3 amide bonds. The van der Waals surface area contributed by atoms with Crippen molar-refractivity contribution in [2.45, 2.75) is 37.6 Å². The van der Waals surface area contributed by atoms with Gasteiger partial charge in [0.05, 0.1) is 0 Å². The molecule has 1 saturated carbocycles. The predicted octanol–water partition coefficient (Wildman–Crippen LogP) is 2.15. The molecule has 2 rings (SSSR count). The number of amides is 3. The van der Waals surface area contributed by atoms with Crippen LogP contribution in [-0.4, -0.2) is 33.3 Å². The molecule has 0 unspecified atom stereocenters. The average Bonchev–Trinajstić information content (AvgIpc) is 2.41. The van der Waals surface area contributed by atoms with Crippen molar-refractivity contribution in [1.82, 2.24) is 10.2 Å². The summed E-state index contributed by atoms with van der Waals surface area (Å²) in [7, 11) is 0. The lowest BCUT2D eigenvalue weighted by atomic mass is 10.1. The first-order valence-electron chi connectivity index (χ1n) is 5.54. The van der Waals surface area contributed by atoms with Crippen molar-refractivity contribution in [2.24, 2.45) is 11.3 Å². The molecule has 96 valence electrons. The van der Waals surface area contributed by atoms with Gasteiger partial charge in [-0.15, -0.1) is 23.2 Å². The normalized spacial score (nSPS) is 32.6. The van der Waals surface area contributed by atoms with Crippen LogP contribution in [0, 0.1) is 11.3 Å². The SMILES string of the molecule is CC1(C)NC(=O)N(C[C@H]2C(C)(C)C2(Cl)Cl)C1=O. The number of imide groups is 1. The van der Waals surface area contributed by atoms with E-state index in [2.05, 4.69) is 5.32 Å². The van der Waals surface area contributed by atoms with Gasteiger partial charge in [-0.2, -0.15) is 0 Å². The first kappa shape index (κ1) is 13.0. The highest BCUT2D eigenvalue weighted by molar-refractivity contribution is 6.51. The van der Waals surface area contributed by atoms with E-state index in [1.54, 1.807) is 13.8 Å². The van der Waals surface area contributed by atoms with E-state index in [0.717, 1.165) is 0 Å². The van der Waals surface area contributed by atoms with Gasteiger partial charge in [-0.05, 0) is 13.8 Å². The zero-order valence-corrected chi connectivity index (χ0v) is 11.8. The van der Waals surface area contributed by atoms with Gasteiger partial charge >= 0.3 is 6.03 Å². The third-order valence-electron chi connectivity index (χ3n) is 3.89. The highest BCUT2D eigenvalue weighted by atomic mass is 35.5. The van der Waals surface area contributed by atoms with Gasteiger partial charge in [0.15, 0.2) is 0 Å². The molecule has 0 aromatic rings. The van der Waals surface area contributed by atoms with Crippen molar-refractivity contribution in [1.29, 1.82) is 0 Å². The van der Waals surface area contributed by atoms with Crippen LogP contribution in [0.1, 0.15) is 27.7 Å². The number of halogens is 2. The van der Waals surface area contributed by atoms with Gasteiger partial charge in [0.2, 0.25) is 0 Å². The Balaban J connectivity index is 2.13. The molecule has 2 fully saturated rings. The first-order chi connectivity index (χ1) is 7.52. The molecule has 0 spiro atoms. The summed E-state index contributed by atoms with van der Waals surface area (Å²) in [6.07, 6.45) is 0. The Kier molecular flexibility index (Phi) is 2.51. The van der Waals surface area contributed by atoms with Crippen LogP contribution in [0.2, 0.25) is 0 Å². The molecule has 2 aliphatic rings. The minimum Gasteiger partial charge on any atom is -0.324 e. The highest BCUT2D eigenvalue weighted by Crippen LogP contribution is 2.68. The van der Waals surface area contributed by atoms with E-state index in [1.165, 1.54) is 4.90 Å². The predicted molar refractivity (Wildman–Crippen MR) is 66.0 cm³/mol. The summed E-state index contributed by atoms with van der Waals surface area (Å²) < 4.78 is -0.861. The van der Waals surface area contributed by atoms with E-state index < -0.39 is 9.87 Å². The number of alkyl halides is 2. The molecule has 4 nitrogen and oxygen atoms in total. The van der Waals surface area contributed by atoms with E-state index in [1.807, 2.05) is 13.8 Å². The molecule has 1 aliphatic carbocycles. The van der Waals surface area contributed by atoms with E-state index in [4.69, 9.17) is 23.2 Å². The molecule has 1 saturated heterocycles. The maximum Gasteiger partial charge on any atom is 0.325 e. The number of urea groups is 1. The lowest BCUT2D eigenvalue weighted by Gasteiger charge is -2.16. The fraction of sp³-hybridized carbons (Fsp3) is 0.818. The number of carbonyl (C=O) groups excluding carboxylic acids is 2. The number of hydrogen-bond donors (Lipinski definition) is 1. The third kappa shape index (κ3) is 1.65. The van der Waals surface area contributed by atoms with Crippen molar-refractivity contribution in [3.8, 4) is 0 Å². The number of rotatable bonds is 2. The molecular weight excluding hydrogens is 263 g/mol. The molecule has 0 aromatic carbocycles. The number of nitrogens with one attached hydrogen (secondary N) is 1. The molecule has 17 heavy (non-hydrogen) atoms. The second-order valence-corrected chi connectivity index (χ2v) is 7.25. The fourth-order valence-corrected chi connectivity index (χ4v) is 3.10. The lowest BCUT2D eigenvalue weighted by molar-refractivity contribution is -0.130. The summed E-state index contributed by atoms with van der Waals surface area (Å²) in [6.45, 7) is 7.50. The van der Waals surface area contributed by atoms with Crippen molar-refractivity contribution in [2.75, 3.05) is 6.54 Å². The molecule has 6 heteroatoms. The Morgan fingerprint density at radius 2 is 1.71 bits per heavy atom. The minimum atomic E-state index is -0.861. The van der Waals surface area contributed by atoms with Gasteiger partial charge in [-0.3, -0.25) is 9.69 Å². The molecule has 0 bridgehead atoms. The van der Waals surface area contributed by atoms with Gasteiger partial charge in [0.1, 0.15) is 9.87 Å². The molecule has 1 atom stereocenters. The van der Waals surface area contributed by atoms with Crippen LogP contribution in [0.25, 0.3) is 0 Å². The molecule has 1 N–H and O–H groups in total. The zero-order valence-electron chi connectivity index (χ0n) is 10.3. The minimum absolute atomic E-state index is 0.0815. The zero-order chi connectivity index (χ0) is 13.2. The molecule has 1 heterocycles. The first-order valence-corrected chi connectivity index (χ1v) is 6.29. The van der Waals surface area contributed by atoms with Gasteiger partial charge in [0.25, 0.3) is 5.91 Å². The van der Waals surface area contributed by atoms with Crippen molar-refractivity contribution in [3.63, 3.8) is 0 Å². The summed E-state index contributed by atoms with van der Waals surface area (Å²) >= 11 is 12.3. The molecule has 0 radical (unpaired) electrons. The van der Waals surface area contributed by atoms with Crippen LogP contribution in [0.15, 0.2) is 0 Å². The topological polar surface area (TPSA) is 49.4 Å². The summed E-state index contributed by atoms with van der Waals surface area (Å²) in [5.41, 5.74) is -1.11. The van der Waals surface area contributed by atoms with Crippen molar-refractivity contribution in [3.05, 3.63) is 0 Å². The van der Waals surface area contributed by atoms with Crippen molar-refractivity contribution < 1.29 is 9.59 Å². The average molecular weight is 279 g/mol. The van der Waals surface area contributed by atoms with Gasteiger partial charge in [-0.1, -0.05) is 13.8 Å². The standard InChI is InChI=1S/C11H16Cl2N2O2/c1-9(2)6(11(9,12)13)5-15-7(16)10(3,4)14-8(15)17/h6H,5H2,1-4H3,(H,14,17)/t6-/m0/s1. The summed E-state index contributed by atoms with van der Waals surface area (Å²) in [6, 6.07) is -0.369. The van der Waals surface area contributed by atoms with Crippen LogP contribution >= 0.6 is 23.2 Å². The maximum atomic E-state index is 12.0. The van der Waals surface area contributed by atoms with Crippen LogP contribution in [0.5, 0.6) is 0 Å². The number of hydrogen-bond acceptors (Lipinski definition) is 2. The van der Waals surface area contributed by atoms with Crippen LogP contribution in [-0.2, 0) is 4.79 Å². The second kappa shape index (κ2) is 3.29. The Bertz CT molecular complexity index is 390. The monoisotopic (exact) mass is 278 g/mol. The Hall–Kier alpha value is -0.480. The Labute approximate surface area is 111 Å². The molecule has 1 aliphatic heterocycles. The van der Waals surface area contributed by atoms with Gasteiger partial charge < -0.3 is 5.32 Å². The van der Waals surface area contributed by atoms with E-state index in [0.29, 0.717) is 0 Å². The van der Waals surface area contributed by atoms with E-state index in [9.17, 15) is 9.59 Å². The number of nitrogens with zero attached hydrogens (tertiary/aromatic N) is 1. The molecular formula is C11H16Cl2N2O2. The quantitative estimate of drug-likeness (QED) is 0.622. The Morgan fingerprint density at radius 1 is 1.24 bits per heavy atom. The number of carbonyl (C=O) groups is 2.